The number of rotatable bonds is 4. The van der Waals surface area contributed by atoms with Gasteiger partial charge in [0.25, 0.3) is 0 Å². The minimum absolute atomic E-state index is 0.102. The molecule has 0 spiro atoms. The lowest BCUT2D eigenvalue weighted by atomic mass is 9.91. The highest BCUT2D eigenvalue weighted by molar-refractivity contribution is 7.91. The molecule has 2 fully saturated rings. The Bertz CT molecular complexity index is 941. The van der Waals surface area contributed by atoms with Crippen molar-refractivity contribution in [1.29, 1.82) is 0 Å². The number of fused-ring (bicyclic) bond motifs is 1. The van der Waals surface area contributed by atoms with Crippen LogP contribution in [-0.4, -0.2) is 48.3 Å². The molecule has 0 radical (unpaired) electrons. The first-order chi connectivity index (χ1) is 11.9. The van der Waals surface area contributed by atoms with Gasteiger partial charge >= 0.3 is 0 Å². The number of amides is 1. The van der Waals surface area contributed by atoms with Gasteiger partial charge in [0.15, 0.2) is 9.84 Å². The molecule has 5 nitrogen and oxygen atoms in total. The van der Waals surface area contributed by atoms with Crippen LogP contribution in [0.1, 0.15) is 37.4 Å². The van der Waals surface area contributed by atoms with Gasteiger partial charge in [0.1, 0.15) is 0 Å². The zero-order valence-corrected chi connectivity index (χ0v) is 15.5. The summed E-state index contributed by atoms with van der Waals surface area (Å²) in [6.07, 6.45) is 2.24. The zero-order valence-electron chi connectivity index (χ0n) is 14.7. The Hall–Kier alpha value is -1.82. The van der Waals surface area contributed by atoms with E-state index in [9.17, 15) is 13.2 Å². The molecule has 25 heavy (non-hydrogen) atoms. The largest absolute Gasteiger partial charge is 0.358 e. The Labute approximate surface area is 148 Å². The molecule has 1 aliphatic heterocycles. The van der Waals surface area contributed by atoms with Crippen LogP contribution in [0.15, 0.2) is 24.3 Å². The zero-order chi connectivity index (χ0) is 17.8. The van der Waals surface area contributed by atoms with E-state index in [4.69, 9.17) is 0 Å². The Morgan fingerprint density at radius 2 is 2.04 bits per heavy atom. The van der Waals surface area contributed by atoms with Crippen molar-refractivity contribution < 1.29 is 13.2 Å². The third kappa shape index (κ3) is 2.58. The number of aromatic amines is 1. The SMILES string of the molecule is CCN(C(=O)C1(c2c(C)[nH]c3ccccc23)CC1)C1CCS(=O)(=O)C1. The van der Waals surface area contributed by atoms with Gasteiger partial charge in [-0.1, -0.05) is 18.2 Å². The van der Waals surface area contributed by atoms with Gasteiger partial charge in [-0.25, -0.2) is 8.42 Å². The topological polar surface area (TPSA) is 70.2 Å². The molecule has 0 bridgehead atoms. The molecule has 1 amide bonds. The number of carbonyl (C=O) groups is 1. The van der Waals surface area contributed by atoms with Gasteiger partial charge in [-0.05, 0) is 44.7 Å². The summed E-state index contributed by atoms with van der Waals surface area (Å²) in [6.45, 7) is 4.53. The predicted octanol–water partition coefficient (Wildman–Crippen LogP) is 2.54. The number of likely N-dealkylation sites (N-methyl/N-ethyl adjacent to an activating group) is 1. The van der Waals surface area contributed by atoms with Crippen molar-refractivity contribution in [2.24, 2.45) is 0 Å². The summed E-state index contributed by atoms with van der Waals surface area (Å²) < 4.78 is 23.7. The number of aryl methyl sites for hydroxylation is 1. The number of benzene rings is 1. The average Bonchev–Trinajstić information content (AvgIpc) is 3.18. The standard InChI is InChI=1S/C19H24N2O3S/c1-3-21(14-8-11-25(23,24)12-14)18(22)19(9-10-19)17-13(2)20-16-7-5-4-6-15(16)17/h4-7,14,20H,3,8-12H2,1-2H3. The number of H-pyrrole nitrogens is 1. The van der Waals surface area contributed by atoms with Crippen LogP contribution in [0.4, 0.5) is 0 Å². The fourth-order valence-corrected chi connectivity index (χ4v) is 6.18. The lowest BCUT2D eigenvalue weighted by Crippen LogP contribution is -2.46. The lowest BCUT2D eigenvalue weighted by Gasteiger charge is -2.31. The van der Waals surface area contributed by atoms with Crippen LogP contribution in [0.5, 0.6) is 0 Å². The first-order valence-corrected chi connectivity index (χ1v) is 10.8. The van der Waals surface area contributed by atoms with E-state index in [-0.39, 0.29) is 23.5 Å². The fourth-order valence-electron chi connectivity index (χ4n) is 4.45. The smallest absolute Gasteiger partial charge is 0.233 e. The van der Waals surface area contributed by atoms with Crippen molar-refractivity contribution in [1.82, 2.24) is 9.88 Å². The van der Waals surface area contributed by atoms with Crippen molar-refractivity contribution in [3.63, 3.8) is 0 Å². The number of hydrogen-bond donors (Lipinski definition) is 1. The molecule has 1 N–H and O–H groups in total. The molecular formula is C19H24N2O3S. The third-order valence-corrected chi connectivity index (χ3v) is 7.53. The molecule has 1 aromatic heterocycles. The number of nitrogens with zero attached hydrogens (tertiary/aromatic N) is 1. The highest BCUT2D eigenvalue weighted by Gasteiger charge is 2.56. The first kappa shape index (κ1) is 16.6. The predicted molar refractivity (Wildman–Crippen MR) is 98.4 cm³/mol. The molecule has 6 heteroatoms. The summed E-state index contributed by atoms with van der Waals surface area (Å²) in [4.78, 5) is 18.7. The van der Waals surface area contributed by atoms with E-state index in [0.29, 0.717) is 13.0 Å². The number of nitrogens with one attached hydrogen (secondary N) is 1. The number of carbonyl (C=O) groups excluding carboxylic acids is 1. The Morgan fingerprint density at radius 1 is 1.32 bits per heavy atom. The summed E-state index contributed by atoms with van der Waals surface area (Å²) in [5.41, 5.74) is 2.72. The van der Waals surface area contributed by atoms with Crippen molar-refractivity contribution in [3.05, 3.63) is 35.5 Å². The van der Waals surface area contributed by atoms with Gasteiger partial charge in [-0.15, -0.1) is 0 Å². The highest BCUT2D eigenvalue weighted by Crippen LogP contribution is 2.53. The Kier molecular flexibility index (Phi) is 3.72. The highest BCUT2D eigenvalue weighted by atomic mass is 32.2. The molecular weight excluding hydrogens is 336 g/mol. The van der Waals surface area contributed by atoms with Crippen LogP contribution in [-0.2, 0) is 20.0 Å². The van der Waals surface area contributed by atoms with Gasteiger partial charge in [0.2, 0.25) is 5.91 Å². The van der Waals surface area contributed by atoms with E-state index in [1.807, 2.05) is 36.9 Å². The third-order valence-electron chi connectivity index (χ3n) is 5.78. The second-order valence-electron chi connectivity index (χ2n) is 7.40. The molecule has 2 aliphatic rings. The molecule has 2 heterocycles. The Morgan fingerprint density at radius 3 is 2.64 bits per heavy atom. The van der Waals surface area contributed by atoms with E-state index in [1.54, 1.807) is 0 Å². The Balaban J connectivity index is 1.72. The van der Waals surface area contributed by atoms with E-state index >= 15 is 0 Å². The molecule has 1 unspecified atom stereocenters. The maximum absolute atomic E-state index is 13.5. The molecule has 1 saturated heterocycles. The maximum atomic E-state index is 13.5. The van der Waals surface area contributed by atoms with Crippen LogP contribution in [0, 0.1) is 6.92 Å². The summed E-state index contributed by atoms with van der Waals surface area (Å²) in [6, 6.07) is 7.92. The molecule has 2 aromatic rings. The van der Waals surface area contributed by atoms with Crippen molar-refractivity contribution >= 4 is 26.6 Å². The summed E-state index contributed by atoms with van der Waals surface area (Å²) in [5, 5.41) is 1.11. The number of hydrogen-bond acceptors (Lipinski definition) is 3. The quantitative estimate of drug-likeness (QED) is 0.911. The fraction of sp³-hybridized carbons (Fsp3) is 0.526. The van der Waals surface area contributed by atoms with Crippen LogP contribution in [0.25, 0.3) is 10.9 Å². The van der Waals surface area contributed by atoms with Crippen molar-refractivity contribution in [2.45, 2.75) is 44.6 Å². The minimum atomic E-state index is -3.01. The summed E-state index contributed by atoms with van der Waals surface area (Å²) in [7, 11) is -3.01. The van der Waals surface area contributed by atoms with E-state index in [0.717, 1.165) is 35.0 Å². The minimum Gasteiger partial charge on any atom is -0.358 e. The van der Waals surface area contributed by atoms with Crippen molar-refractivity contribution in [3.8, 4) is 0 Å². The van der Waals surface area contributed by atoms with E-state index in [1.165, 1.54) is 0 Å². The first-order valence-electron chi connectivity index (χ1n) is 8.97. The molecule has 1 atom stereocenters. The van der Waals surface area contributed by atoms with Crippen LogP contribution >= 0.6 is 0 Å². The van der Waals surface area contributed by atoms with Crippen molar-refractivity contribution in [2.75, 3.05) is 18.1 Å². The number of sulfone groups is 1. The maximum Gasteiger partial charge on any atom is 0.233 e. The molecule has 4 rings (SSSR count). The van der Waals surface area contributed by atoms with Gasteiger partial charge in [-0.2, -0.15) is 0 Å². The second-order valence-corrected chi connectivity index (χ2v) is 9.63. The average molecular weight is 360 g/mol. The lowest BCUT2D eigenvalue weighted by molar-refractivity contribution is -0.135. The van der Waals surface area contributed by atoms with Gasteiger partial charge in [0, 0.05) is 29.2 Å². The molecule has 1 aromatic carbocycles. The monoisotopic (exact) mass is 360 g/mol. The van der Waals surface area contributed by atoms with E-state index < -0.39 is 15.3 Å². The molecule has 1 aliphatic carbocycles. The summed E-state index contributed by atoms with van der Waals surface area (Å²) >= 11 is 0. The van der Waals surface area contributed by atoms with E-state index in [2.05, 4.69) is 11.1 Å². The van der Waals surface area contributed by atoms with Gasteiger partial charge in [0.05, 0.1) is 16.9 Å². The van der Waals surface area contributed by atoms with Gasteiger partial charge < -0.3 is 9.88 Å². The van der Waals surface area contributed by atoms with Crippen LogP contribution in [0.3, 0.4) is 0 Å². The molecule has 134 valence electrons. The van der Waals surface area contributed by atoms with Crippen LogP contribution in [0.2, 0.25) is 0 Å². The number of para-hydroxylation sites is 1. The number of aromatic nitrogens is 1. The van der Waals surface area contributed by atoms with Crippen LogP contribution < -0.4 is 0 Å². The second kappa shape index (κ2) is 5.59. The normalized spacial score (nSPS) is 23.7. The molecule has 1 saturated carbocycles. The van der Waals surface area contributed by atoms with Gasteiger partial charge in [-0.3, -0.25) is 4.79 Å². The summed E-state index contributed by atoms with van der Waals surface area (Å²) in [5.74, 6) is 0.403.